The molecule has 1 unspecified atom stereocenters. The molecule has 1 atom stereocenters. The molecule has 3 heteroatoms. The number of nitrogens with zero attached hydrogens (tertiary/aromatic N) is 2. The molecule has 0 spiro atoms. The molecule has 0 aliphatic carbocycles. The zero-order valence-corrected chi connectivity index (χ0v) is 11.7. The molecule has 100 valence electrons. The van der Waals surface area contributed by atoms with Crippen LogP contribution in [-0.2, 0) is 6.54 Å². The molecule has 0 aromatic carbocycles. The molecular weight excluding hydrogens is 222 g/mol. The van der Waals surface area contributed by atoms with Crippen molar-refractivity contribution in [1.82, 2.24) is 15.2 Å². The molecule has 1 aliphatic rings. The number of pyridine rings is 1. The number of likely N-dealkylation sites (N-methyl/N-ethyl adjacent to an activating group) is 1. The van der Waals surface area contributed by atoms with Crippen molar-refractivity contribution in [2.45, 2.75) is 45.7 Å². The highest BCUT2D eigenvalue weighted by Crippen LogP contribution is 2.18. The van der Waals surface area contributed by atoms with Crippen LogP contribution in [0.15, 0.2) is 18.2 Å². The van der Waals surface area contributed by atoms with E-state index in [-0.39, 0.29) is 0 Å². The van der Waals surface area contributed by atoms with E-state index >= 15 is 0 Å². The third-order valence-electron chi connectivity index (χ3n) is 3.69. The van der Waals surface area contributed by atoms with Crippen LogP contribution in [-0.4, -0.2) is 35.6 Å². The Morgan fingerprint density at radius 2 is 2.28 bits per heavy atom. The Morgan fingerprint density at radius 1 is 1.39 bits per heavy atom. The molecule has 1 aromatic heterocycles. The van der Waals surface area contributed by atoms with E-state index in [1.165, 1.54) is 31.5 Å². The first kappa shape index (κ1) is 13.5. The highest BCUT2D eigenvalue weighted by atomic mass is 15.2. The van der Waals surface area contributed by atoms with E-state index in [9.17, 15) is 0 Å². The summed E-state index contributed by atoms with van der Waals surface area (Å²) in [6, 6.07) is 7.00. The van der Waals surface area contributed by atoms with Gasteiger partial charge in [0.15, 0.2) is 0 Å². The van der Waals surface area contributed by atoms with Crippen LogP contribution in [0.5, 0.6) is 0 Å². The van der Waals surface area contributed by atoms with Crippen molar-refractivity contribution in [2.75, 3.05) is 19.6 Å². The van der Waals surface area contributed by atoms with Gasteiger partial charge in [0, 0.05) is 24.8 Å². The molecule has 0 radical (unpaired) electrons. The summed E-state index contributed by atoms with van der Waals surface area (Å²) in [7, 11) is 0. The van der Waals surface area contributed by atoms with Gasteiger partial charge in [-0.3, -0.25) is 9.88 Å². The standard InChI is InChI=1S/C15H25N3/c1-3-16-11-15-9-4-5-10-18(15)12-14-8-6-7-13(2)17-14/h6-8,15-16H,3-5,9-12H2,1-2H3. The molecular formula is C15H25N3. The normalized spacial score (nSPS) is 21.1. The lowest BCUT2D eigenvalue weighted by Crippen LogP contribution is -2.45. The molecule has 1 aliphatic heterocycles. The highest BCUT2D eigenvalue weighted by molar-refractivity contribution is 5.10. The number of hydrogen-bond acceptors (Lipinski definition) is 3. The molecule has 3 nitrogen and oxygen atoms in total. The first-order valence-electron chi connectivity index (χ1n) is 7.17. The fraction of sp³-hybridized carbons (Fsp3) is 0.667. The first-order chi connectivity index (χ1) is 8.79. The summed E-state index contributed by atoms with van der Waals surface area (Å²) in [5, 5.41) is 3.48. The van der Waals surface area contributed by atoms with E-state index in [1.54, 1.807) is 0 Å². The van der Waals surface area contributed by atoms with Gasteiger partial charge in [0.25, 0.3) is 0 Å². The first-order valence-corrected chi connectivity index (χ1v) is 7.17. The SMILES string of the molecule is CCNCC1CCCCN1Cc1cccc(C)n1. The van der Waals surface area contributed by atoms with Crippen molar-refractivity contribution in [3.05, 3.63) is 29.6 Å². The van der Waals surface area contributed by atoms with E-state index in [4.69, 9.17) is 0 Å². The number of likely N-dealkylation sites (tertiary alicyclic amines) is 1. The van der Waals surface area contributed by atoms with Gasteiger partial charge < -0.3 is 5.32 Å². The van der Waals surface area contributed by atoms with Crippen molar-refractivity contribution >= 4 is 0 Å². The van der Waals surface area contributed by atoms with Gasteiger partial charge in [0.05, 0.1) is 5.69 Å². The van der Waals surface area contributed by atoms with Gasteiger partial charge in [-0.05, 0) is 45.0 Å². The van der Waals surface area contributed by atoms with E-state index in [2.05, 4.69) is 47.2 Å². The van der Waals surface area contributed by atoms with Crippen molar-refractivity contribution in [3.8, 4) is 0 Å². The minimum Gasteiger partial charge on any atom is -0.315 e. The monoisotopic (exact) mass is 247 g/mol. The topological polar surface area (TPSA) is 28.2 Å². The maximum absolute atomic E-state index is 4.62. The van der Waals surface area contributed by atoms with Gasteiger partial charge in [0.2, 0.25) is 0 Å². The molecule has 1 saturated heterocycles. The van der Waals surface area contributed by atoms with Gasteiger partial charge in [-0.1, -0.05) is 19.4 Å². The fourth-order valence-corrected chi connectivity index (χ4v) is 2.71. The summed E-state index contributed by atoms with van der Waals surface area (Å²) >= 11 is 0. The largest absolute Gasteiger partial charge is 0.315 e. The Balaban J connectivity index is 1.96. The predicted molar refractivity (Wildman–Crippen MR) is 75.6 cm³/mol. The minimum absolute atomic E-state index is 0.681. The number of aromatic nitrogens is 1. The summed E-state index contributed by atoms with van der Waals surface area (Å²) in [5.74, 6) is 0. The Morgan fingerprint density at radius 3 is 3.06 bits per heavy atom. The minimum atomic E-state index is 0.681. The molecule has 0 amide bonds. The summed E-state index contributed by atoms with van der Waals surface area (Å²) in [5.41, 5.74) is 2.33. The van der Waals surface area contributed by atoms with Crippen molar-refractivity contribution in [2.24, 2.45) is 0 Å². The smallest absolute Gasteiger partial charge is 0.0547 e. The third-order valence-corrected chi connectivity index (χ3v) is 3.69. The van der Waals surface area contributed by atoms with Crippen LogP contribution >= 0.6 is 0 Å². The molecule has 1 aromatic rings. The van der Waals surface area contributed by atoms with Crippen LogP contribution in [0.3, 0.4) is 0 Å². The van der Waals surface area contributed by atoms with Crippen LogP contribution in [0.25, 0.3) is 0 Å². The predicted octanol–water partition coefficient (Wildman–Crippen LogP) is 2.35. The zero-order valence-electron chi connectivity index (χ0n) is 11.7. The quantitative estimate of drug-likeness (QED) is 0.865. The Labute approximate surface area is 111 Å². The lowest BCUT2D eigenvalue weighted by atomic mass is 10.0. The van der Waals surface area contributed by atoms with E-state index in [0.717, 1.165) is 25.3 Å². The number of hydrogen-bond donors (Lipinski definition) is 1. The lowest BCUT2D eigenvalue weighted by Gasteiger charge is -2.35. The van der Waals surface area contributed by atoms with Crippen molar-refractivity contribution < 1.29 is 0 Å². The number of piperidine rings is 1. The number of aryl methyl sites for hydroxylation is 1. The highest BCUT2D eigenvalue weighted by Gasteiger charge is 2.22. The van der Waals surface area contributed by atoms with Gasteiger partial charge in [-0.25, -0.2) is 0 Å². The average Bonchev–Trinajstić information content (AvgIpc) is 2.38. The molecule has 18 heavy (non-hydrogen) atoms. The number of nitrogens with one attached hydrogen (secondary N) is 1. The van der Waals surface area contributed by atoms with E-state index < -0.39 is 0 Å². The van der Waals surface area contributed by atoms with Crippen molar-refractivity contribution in [1.29, 1.82) is 0 Å². The molecule has 2 heterocycles. The second kappa shape index (κ2) is 6.86. The molecule has 1 fully saturated rings. The second-order valence-electron chi connectivity index (χ2n) is 5.20. The summed E-state index contributed by atoms with van der Waals surface area (Å²) in [6.07, 6.45) is 4.01. The molecule has 0 bridgehead atoms. The molecule has 0 saturated carbocycles. The van der Waals surface area contributed by atoms with Crippen LogP contribution in [0, 0.1) is 6.92 Å². The average molecular weight is 247 g/mol. The van der Waals surface area contributed by atoms with Gasteiger partial charge >= 0.3 is 0 Å². The van der Waals surface area contributed by atoms with Crippen LogP contribution in [0.4, 0.5) is 0 Å². The maximum atomic E-state index is 4.62. The molecule has 1 N–H and O–H groups in total. The molecule has 2 rings (SSSR count). The Hall–Kier alpha value is -0.930. The van der Waals surface area contributed by atoms with Gasteiger partial charge in [0.1, 0.15) is 0 Å². The summed E-state index contributed by atoms with van der Waals surface area (Å²) in [6.45, 7) is 8.63. The van der Waals surface area contributed by atoms with Crippen LogP contribution in [0.1, 0.15) is 37.6 Å². The van der Waals surface area contributed by atoms with Crippen LogP contribution < -0.4 is 5.32 Å². The second-order valence-corrected chi connectivity index (χ2v) is 5.20. The zero-order chi connectivity index (χ0) is 12.8. The Bertz CT molecular complexity index is 365. The Kier molecular flexibility index (Phi) is 5.14. The van der Waals surface area contributed by atoms with Crippen molar-refractivity contribution in [3.63, 3.8) is 0 Å². The maximum Gasteiger partial charge on any atom is 0.0547 e. The number of rotatable bonds is 5. The summed E-state index contributed by atoms with van der Waals surface area (Å²) in [4.78, 5) is 7.21. The van der Waals surface area contributed by atoms with Gasteiger partial charge in [-0.2, -0.15) is 0 Å². The van der Waals surface area contributed by atoms with E-state index in [1.807, 2.05) is 0 Å². The summed E-state index contributed by atoms with van der Waals surface area (Å²) < 4.78 is 0. The van der Waals surface area contributed by atoms with Crippen LogP contribution in [0.2, 0.25) is 0 Å². The van der Waals surface area contributed by atoms with Gasteiger partial charge in [-0.15, -0.1) is 0 Å². The fourth-order valence-electron chi connectivity index (χ4n) is 2.71. The van der Waals surface area contributed by atoms with E-state index in [0.29, 0.717) is 6.04 Å². The third kappa shape index (κ3) is 3.79. The lowest BCUT2D eigenvalue weighted by molar-refractivity contribution is 0.136.